The minimum atomic E-state index is 0.301. The molecule has 0 aromatic heterocycles. The Kier molecular flexibility index (Phi) is 3.71. The summed E-state index contributed by atoms with van der Waals surface area (Å²) in [5, 5.41) is 0. The molecule has 0 saturated carbocycles. The molecule has 1 heterocycles. The van der Waals surface area contributed by atoms with Gasteiger partial charge in [-0.3, -0.25) is 0 Å². The summed E-state index contributed by atoms with van der Waals surface area (Å²) in [6.07, 6.45) is 2.30. The molecule has 0 bridgehead atoms. The van der Waals surface area contributed by atoms with Gasteiger partial charge in [0.2, 0.25) is 0 Å². The highest BCUT2D eigenvalue weighted by Gasteiger charge is 2.17. The maximum Gasteiger partial charge on any atom is 0.133 e. The molecule has 2 N–H and O–H groups in total. The Hall–Kier alpha value is -0.740. The van der Waals surface area contributed by atoms with Crippen molar-refractivity contribution in [3.05, 3.63) is 22.7 Å². The zero-order valence-electron chi connectivity index (χ0n) is 9.45. The first-order valence-electron chi connectivity index (χ1n) is 5.55. The zero-order chi connectivity index (χ0) is 11.5. The minimum absolute atomic E-state index is 0.301. The molecule has 1 aromatic carbocycles. The molecule has 1 aliphatic rings. The first kappa shape index (κ1) is 11.7. The van der Waals surface area contributed by atoms with Crippen LogP contribution in [0.15, 0.2) is 22.7 Å². The van der Waals surface area contributed by atoms with E-state index in [0.29, 0.717) is 6.04 Å². The van der Waals surface area contributed by atoms with Gasteiger partial charge in [0.05, 0.1) is 11.6 Å². The van der Waals surface area contributed by atoms with E-state index in [0.717, 1.165) is 29.7 Å². The van der Waals surface area contributed by atoms with E-state index in [4.69, 9.17) is 10.5 Å². The third kappa shape index (κ3) is 2.50. The van der Waals surface area contributed by atoms with Gasteiger partial charge < -0.3 is 15.4 Å². The van der Waals surface area contributed by atoms with E-state index in [1.165, 1.54) is 12.1 Å². The smallest absolute Gasteiger partial charge is 0.133 e. The lowest BCUT2D eigenvalue weighted by atomic mass is 10.1. The molecule has 1 aliphatic heterocycles. The van der Waals surface area contributed by atoms with Crippen LogP contribution in [0.5, 0.6) is 5.75 Å². The molecule has 1 aromatic rings. The van der Waals surface area contributed by atoms with Gasteiger partial charge in [0.25, 0.3) is 0 Å². The third-order valence-corrected chi connectivity index (χ3v) is 3.58. The van der Waals surface area contributed by atoms with Crippen molar-refractivity contribution in [3.63, 3.8) is 0 Å². The largest absolute Gasteiger partial charge is 0.496 e. The number of benzene rings is 1. The number of halogens is 1. The molecule has 3 nitrogen and oxygen atoms in total. The Morgan fingerprint density at radius 1 is 1.50 bits per heavy atom. The molecule has 0 spiro atoms. The first-order valence-corrected chi connectivity index (χ1v) is 6.34. The number of ether oxygens (including phenoxy) is 1. The van der Waals surface area contributed by atoms with Crippen LogP contribution in [0, 0.1) is 0 Å². The van der Waals surface area contributed by atoms with Crippen molar-refractivity contribution in [2.24, 2.45) is 5.73 Å². The summed E-state index contributed by atoms with van der Waals surface area (Å²) in [5.74, 6) is 0.866. The van der Waals surface area contributed by atoms with Crippen LogP contribution in [-0.2, 0) is 0 Å². The van der Waals surface area contributed by atoms with Gasteiger partial charge >= 0.3 is 0 Å². The van der Waals surface area contributed by atoms with Crippen LogP contribution < -0.4 is 15.4 Å². The molecular formula is C12H17BrN2O. The van der Waals surface area contributed by atoms with E-state index in [2.05, 4.69) is 33.0 Å². The molecule has 88 valence electrons. The molecule has 1 fully saturated rings. The van der Waals surface area contributed by atoms with Gasteiger partial charge in [-0.1, -0.05) is 0 Å². The Balaban J connectivity index is 2.17. The Labute approximate surface area is 105 Å². The number of rotatable bonds is 2. The van der Waals surface area contributed by atoms with Crippen LogP contribution >= 0.6 is 15.9 Å². The van der Waals surface area contributed by atoms with Gasteiger partial charge in [0.1, 0.15) is 5.75 Å². The van der Waals surface area contributed by atoms with Crippen molar-refractivity contribution < 1.29 is 4.74 Å². The topological polar surface area (TPSA) is 38.5 Å². The molecule has 0 amide bonds. The normalized spacial score (nSPS) is 20.9. The van der Waals surface area contributed by atoms with Gasteiger partial charge in [0, 0.05) is 24.8 Å². The van der Waals surface area contributed by atoms with Crippen LogP contribution in [0.1, 0.15) is 12.8 Å². The predicted molar refractivity (Wildman–Crippen MR) is 70.1 cm³/mol. The Morgan fingerprint density at radius 2 is 2.31 bits per heavy atom. The van der Waals surface area contributed by atoms with Gasteiger partial charge in [-0.15, -0.1) is 0 Å². The van der Waals surface area contributed by atoms with E-state index >= 15 is 0 Å². The predicted octanol–water partition coefficient (Wildman–Crippen LogP) is 2.39. The first-order chi connectivity index (χ1) is 7.70. The maximum atomic E-state index is 5.98. The van der Waals surface area contributed by atoms with Crippen molar-refractivity contribution in [1.82, 2.24) is 0 Å². The molecule has 4 heteroatoms. The second-order valence-corrected chi connectivity index (χ2v) is 5.02. The van der Waals surface area contributed by atoms with Crippen molar-refractivity contribution in [2.75, 3.05) is 25.1 Å². The lowest BCUT2D eigenvalue weighted by Gasteiger charge is -2.32. The number of piperidine rings is 1. The average Bonchev–Trinajstić information content (AvgIpc) is 2.29. The zero-order valence-corrected chi connectivity index (χ0v) is 11.0. The van der Waals surface area contributed by atoms with E-state index < -0.39 is 0 Å². The van der Waals surface area contributed by atoms with E-state index in [9.17, 15) is 0 Å². The SMILES string of the molecule is COc1ccc(N2CCCC(N)C2)cc1Br. The Morgan fingerprint density at radius 3 is 2.94 bits per heavy atom. The molecule has 2 rings (SSSR count). The molecule has 1 atom stereocenters. The maximum absolute atomic E-state index is 5.98. The lowest BCUT2D eigenvalue weighted by Crippen LogP contribution is -2.42. The summed E-state index contributed by atoms with van der Waals surface area (Å²) < 4.78 is 6.21. The number of nitrogens with zero attached hydrogens (tertiary/aromatic N) is 1. The fraction of sp³-hybridized carbons (Fsp3) is 0.500. The quantitative estimate of drug-likeness (QED) is 0.906. The monoisotopic (exact) mass is 284 g/mol. The highest BCUT2D eigenvalue weighted by Crippen LogP contribution is 2.30. The van der Waals surface area contributed by atoms with Crippen molar-refractivity contribution in [1.29, 1.82) is 0 Å². The second-order valence-electron chi connectivity index (χ2n) is 4.17. The van der Waals surface area contributed by atoms with E-state index in [1.807, 2.05) is 6.07 Å². The fourth-order valence-electron chi connectivity index (χ4n) is 2.10. The molecule has 0 aliphatic carbocycles. The van der Waals surface area contributed by atoms with Crippen LogP contribution in [0.3, 0.4) is 0 Å². The van der Waals surface area contributed by atoms with Crippen molar-refractivity contribution in [3.8, 4) is 5.75 Å². The van der Waals surface area contributed by atoms with Crippen molar-refractivity contribution >= 4 is 21.6 Å². The summed E-state index contributed by atoms with van der Waals surface area (Å²) in [7, 11) is 1.68. The van der Waals surface area contributed by atoms with E-state index in [-0.39, 0.29) is 0 Å². The number of hydrogen-bond acceptors (Lipinski definition) is 3. The molecule has 1 saturated heterocycles. The second kappa shape index (κ2) is 5.06. The number of nitrogens with two attached hydrogens (primary N) is 1. The molecule has 1 unspecified atom stereocenters. The summed E-state index contributed by atoms with van der Waals surface area (Å²) >= 11 is 3.51. The number of anilines is 1. The van der Waals surface area contributed by atoms with Gasteiger partial charge in [-0.2, -0.15) is 0 Å². The van der Waals surface area contributed by atoms with Gasteiger partial charge in [-0.05, 0) is 47.0 Å². The van der Waals surface area contributed by atoms with E-state index in [1.54, 1.807) is 7.11 Å². The standard InChI is InChI=1S/C12H17BrN2O/c1-16-12-5-4-10(7-11(12)13)15-6-2-3-9(14)8-15/h4-5,7,9H,2-3,6,8,14H2,1H3. The lowest BCUT2D eigenvalue weighted by molar-refractivity contribution is 0.412. The minimum Gasteiger partial charge on any atom is -0.496 e. The highest BCUT2D eigenvalue weighted by atomic mass is 79.9. The summed E-state index contributed by atoms with van der Waals surface area (Å²) in [4.78, 5) is 2.33. The molecular weight excluding hydrogens is 268 g/mol. The van der Waals surface area contributed by atoms with Crippen LogP contribution in [0.4, 0.5) is 5.69 Å². The van der Waals surface area contributed by atoms with Crippen LogP contribution in [0.25, 0.3) is 0 Å². The van der Waals surface area contributed by atoms with Crippen LogP contribution in [-0.4, -0.2) is 26.2 Å². The van der Waals surface area contributed by atoms with Gasteiger partial charge in [0.15, 0.2) is 0 Å². The van der Waals surface area contributed by atoms with Crippen molar-refractivity contribution in [2.45, 2.75) is 18.9 Å². The number of hydrogen-bond donors (Lipinski definition) is 1. The summed E-state index contributed by atoms with van der Waals surface area (Å²) in [5.41, 5.74) is 7.19. The Bertz CT molecular complexity index is 370. The molecule has 16 heavy (non-hydrogen) atoms. The highest BCUT2D eigenvalue weighted by molar-refractivity contribution is 9.10. The third-order valence-electron chi connectivity index (χ3n) is 2.96. The average molecular weight is 285 g/mol. The summed E-state index contributed by atoms with van der Waals surface area (Å²) in [6.45, 7) is 2.03. The summed E-state index contributed by atoms with van der Waals surface area (Å²) in [6, 6.07) is 6.47. The fourth-order valence-corrected chi connectivity index (χ4v) is 2.63. The number of methoxy groups -OCH3 is 1. The molecule has 0 radical (unpaired) electrons. The van der Waals surface area contributed by atoms with Crippen LogP contribution in [0.2, 0.25) is 0 Å². The van der Waals surface area contributed by atoms with Gasteiger partial charge in [-0.25, -0.2) is 0 Å².